The van der Waals surface area contributed by atoms with E-state index in [9.17, 15) is 9.60 Å². The van der Waals surface area contributed by atoms with E-state index in [2.05, 4.69) is 177 Å². The van der Waals surface area contributed by atoms with Gasteiger partial charge in [-0.1, -0.05) is 275 Å². The van der Waals surface area contributed by atoms with E-state index < -0.39 is 109 Å². The van der Waals surface area contributed by atoms with Gasteiger partial charge in [-0.2, -0.15) is 0 Å². The molecular formula is C88H64N4OSi. The molecule has 5 nitrogen and oxygen atoms in total. The highest BCUT2D eigenvalue weighted by Crippen LogP contribution is 2.46. The molecule has 1 aliphatic heterocycles. The maximum Gasteiger partial charge on any atom is 0.269 e. The van der Waals surface area contributed by atoms with Gasteiger partial charge in [0.05, 0.1) is 51.3 Å². The number of nitrogens with zero attached hydrogens (tertiary/aromatic N) is 4. The second kappa shape index (κ2) is 22.9. The summed E-state index contributed by atoms with van der Waals surface area (Å²) in [7, 11) is -2.98. The third-order valence-electron chi connectivity index (χ3n) is 18.1. The topological polar surface area (TPSA) is 35.9 Å². The van der Waals surface area contributed by atoms with Gasteiger partial charge in [0, 0.05) is 23.0 Å². The smallest absolute Gasteiger partial charge is 0.269 e. The lowest BCUT2D eigenvalue weighted by atomic mass is 9.87. The Bertz CT molecular complexity index is 6140. The van der Waals surface area contributed by atoms with Crippen molar-refractivity contribution in [1.29, 1.82) is 0 Å². The van der Waals surface area contributed by atoms with Gasteiger partial charge in [-0.15, -0.1) is 0 Å². The van der Waals surface area contributed by atoms with E-state index >= 15 is 0 Å². The fourth-order valence-electron chi connectivity index (χ4n) is 13.9. The number of aromatic nitrogens is 4. The highest BCUT2D eigenvalue weighted by Gasteiger charge is 2.42. The van der Waals surface area contributed by atoms with Gasteiger partial charge in [-0.05, 0) is 165 Å². The average molecular weight is 1230 g/mol. The maximum atomic E-state index is 10.4. The molecule has 17 rings (SSSR count). The van der Waals surface area contributed by atoms with Gasteiger partial charge in [-0.3, -0.25) is 13.7 Å². The number of rotatable bonds is 11. The summed E-state index contributed by atoms with van der Waals surface area (Å²) < 4.78 is 133. The second-order valence-corrected chi connectivity index (χ2v) is 28.4. The van der Waals surface area contributed by atoms with E-state index in [-0.39, 0.29) is 16.5 Å². The Kier molecular flexibility index (Phi) is 10.7. The molecule has 16 aromatic rings. The van der Waals surface area contributed by atoms with Crippen molar-refractivity contribution >= 4 is 61.7 Å². The van der Waals surface area contributed by atoms with Gasteiger partial charge in [-0.25, -0.2) is 4.98 Å². The lowest BCUT2D eigenvalue weighted by molar-refractivity contribution is -0.570. The van der Waals surface area contributed by atoms with Crippen LogP contribution in [-0.4, -0.2) is 22.2 Å². The third-order valence-corrected chi connectivity index (χ3v) is 22.9. The predicted octanol–water partition coefficient (Wildman–Crippen LogP) is 19.0. The van der Waals surface area contributed by atoms with Crippen molar-refractivity contribution in [2.24, 2.45) is 0 Å². The standard InChI is InChI=1S/C88H64N4OSi/c1-88(2,3)65-50-51-89-85(55-65)92-82-49-47-72(94(69-32-13-6-14-33-69,70-34-15-7-16-35-70)71-36-17-8-18-37-71)58-81(82)78-48-46-68(57-84(78)92)93-67-31-23-30-66(56-67)90-59-91-86-73(64-53-62(60-26-9-4-10-27-60)52-63(54-64)61-28-11-5-12-29-61)42-24-43-79(86)76-40-21-19-38-74(76)75-39-20-22-41-77(75)80-44-25-45-83(90)87(80)91/h4-58H,1-3H3/i4D,5D,9D,10D,11D,12D,26D,27D,28D,29D,52D,53D,54D. The Labute approximate surface area is 567 Å². The molecule has 0 spiro atoms. The molecule has 0 N–H and O–H groups in total. The van der Waals surface area contributed by atoms with Crippen LogP contribution in [0, 0.1) is 6.33 Å². The molecule has 0 bridgehead atoms. The van der Waals surface area contributed by atoms with Crippen molar-refractivity contribution in [3.63, 3.8) is 0 Å². The molecule has 446 valence electrons. The first-order valence-electron chi connectivity index (χ1n) is 37.8. The van der Waals surface area contributed by atoms with Gasteiger partial charge >= 0.3 is 0 Å². The van der Waals surface area contributed by atoms with Crippen molar-refractivity contribution in [2.75, 3.05) is 0 Å². The highest BCUT2D eigenvalue weighted by atomic mass is 28.3. The van der Waals surface area contributed by atoms with Crippen molar-refractivity contribution in [3.8, 4) is 95.5 Å². The zero-order valence-corrected chi connectivity index (χ0v) is 52.4. The van der Waals surface area contributed by atoms with E-state index in [0.29, 0.717) is 39.5 Å². The number of ether oxygens (including phenoxy) is 1. The molecule has 0 fully saturated rings. The van der Waals surface area contributed by atoms with Crippen LogP contribution in [0.5, 0.6) is 11.5 Å². The Morgan fingerprint density at radius 2 is 0.947 bits per heavy atom. The van der Waals surface area contributed by atoms with Crippen molar-refractivity contribution in [2.45, 2.75) is 26.2 Å². The van der Waals surface area contributed by atoms with Crippen LogP contribution in [0.1, 0.15) is 44.2 Å². The van der Waals surface area contributed by atoms with Gasteiger partial charge in [0.15, 0.2) is 8.07 Å². The molecule has 0 saturated heterocycles. The van der Waals surface area contributed by atoms with Crippen LogP contribution in [0.3, 0.4) is 0 Å². The molecule has 0 unspecified atom stereocenters. The van der Waals surface area contributed by atoms with E-state index in [1.54, 1.807) is 12.1 Å². The molecule has 0 amide bonds. The molecule has 4 heterocycles. The zero-order valence-electron chi connectivity index (χ0n) is 64.4. The molecule has 94 heavy (non-hydrogen) atoms. The first-order chi connectivity index (χ1) is 51.7. The number of hydrogen-bond donors (Lipinski definition) is 0. The number of para-hydroxylation sites is 2. The fourth-order valence-corrected chi connectivity index (χ4v) is 18.6. The Hall–Kier alpha value is -11.7. The van der Waals surface area contributed by atoms with Crippen LogP contribution in [0.4, 0.5) is 0 Å². The van der Waals surface area contributed by atoms with Gasteiger partial charge in [0.25, 0.3) is 6.33 Å². The van der Waals surface area contributed by atoms with Crippen LogP contribution in [0.2, 0.25) is 0 Å². The fraction of sp³-hybridized carbons (Fsp3) is 0.0455. The molecule has 3 aromatic heterocycles. The average Bonchev–Trinajstić information content (AvgIpc) is 1.61. The van der Waals surface area contributed by atoms with E-state index in [1.807, 2.05) is 106 Å². The molecular weight excluding hydrogens is 1160 g/mol. The molecule has 0 saturated carbocycles. The molecule has 1 aliphatic rings. The van der Waals surface area contributed by atoms with E-state index in [0.717, 1.165) is 61.0 Å². The quantitative estimate of drug-likeness (QED) is 0.0560. The SMILES string of the molecule is [2H]c1c([2H])c([2H])c(-c2c([2H])c(-c3cccc4c3-[n+]3[c-]n(-c5cccc(Oc6ccc7c8cc([Si](c9ccccc9)(c9ccccc9)c9ccccc9)ccc8n(-c8cc(C(C)(C)C)ccn8)c7c6)c5)c5cccc(c53)-c3ccccc3-c3ccccc3-4)c([2H])c(-c3c([2H])c([2H])c([2H])c([2H])c3[2H])c2[2H])c([2H])c1[2H]. The Morgan fingerprint density at radius 3 is 1.57 bits per heavy atom. The third kappa shape index (κ3) is 9.52. The molecule has 13 aromatic carbocycles. The molecule has 0 radical (unpaired) electrons. The molecule has 0 atom stereocenters. The minimum absolute atomic E-state index is 0.182. The minimum Gasteiger partial charge on any atom is -0.458 e. The van der Waals surface area contributed by atoms with Crippen LogP contribution in [0.15, 0.2) is 333 Å². The number of hydrogen-bond acceptors (Lipinski definition) is 2. The number of imidazole rings is 1. The van der Waals surface area contributed by atoms with Crippen molar-refractivity contribution in [1.82, 2.24) is 14.1 Å². The highest BCUT2D eigenvalue weighted by molar-refractivity contribution is 7.20. The normalized spacial score (nSPS) is 13.9. The lowest BCUT2D eigenvalue weighted by Crippen LogP contribution is -2.74. The summed E-state index contributed by atoms with van der Waals surface area (Å²) in [6, 6.07) is 75.9. The van der Waals surface area contributed by atoms with Crippen LogP contribution in [-0.2, 0) is 5.41 Å². The van der Waals surface area contributed by atoms with E-state index in [4.69, 9.17) is 17.9 Å². The summed E-state index contributed by atoms with van der Waals surface area (Å²) in [6.07, 6.45) is 5.64. The number of fused-ring (bicyclic) bond motifs is 10. The summed E-state index contributed by atoms with van der Waals surface area (Å²) in [5, 5.41) is 7.08. The summed E-state index contributed by atoms with van der Waals surface area (Å²) >= 11 is 0. The second-order valence-electron chi connectivity index (χ2n) is 24.6. The lowest BCUT2D eigenvalue weighted by Gasteiger charge is -2.34. The van der Waals surface area contributed by atoms with Gasteiger partial charge in [0.2, 0.25) is 0 Å². The monoisotopic (exact) mass is 1230 g/mol. The summed E-state index contributed by atoms with van der Waals surface area (Å²) in [6.45, 7) is 6.60. The molecule has 6 heteroatoms. The van der Waals surface area contributed by atoms with Crippen LogP contribution in [0.25, 0.3) is 117 Å². The van der Waals surface area contributed by atoms with Gasteiger partial charge < -0.3 is 4.74 Å². The largest absolute Gasteiger partial charge is 0.458 e. The van der Waals surface area contributed by atoms with Crippen LogP contribution < -0.4 is 30.1 Å². The number of benzene rings is 13. The van der Waals surface area contributed by atoms with Gasteiger partial charge in [0.1, 0.15) is 17.3 Å². The summed E-state index contributed by atoms with van der Waals surface area (Å²) in [4.78, 5) is 5.10. The Morgan fingerprint density at radius 1 is 0.415 bits per heavy atom. The summed E-state index contributed by atoms with van der Waals surface area (Å²) in [5.41, 5.74) is 7.74. The van der Waals surface area contributed by atoms with Crippen molar-refractivity contribution in [3.05, 3.63) is 345 Å². The number of pyridine rings is 1. The Balaban J connectivity index is 0.882. The first kappa shape index (κ1) is 43.9. The van der Waals surface area contributed by atoms with E-state index in [1.165, 1.54) is 20.7 Å². The zero-order chi connectivity index (χ0) is 74.2. The van der Waals surface area contributed by atoms with Crippen LogP contribution >= 0.6 is 0 Å². The maximum absolute atomic E-state index is 10.4. The molecule has 0 aliphatic carbocycles. The summed E-state index contributed by atoms with van der Waals surface area (Å²) in [5.74, 6) is 1.82. The first-order valence-corrected chi connectivity index (χ1v) is 33.3. The minimum atomic E-state index is -2.98. The van der Waals surface area contributed by atoms with Crippen molar-refractivity contribution < 1.29 is 27.1 Å². The predicted molar refractivity (Wildman–Crippen MR) is 391 cm³/mol.